The largest absolute Gasteiger partial charge is 0.494 e. The van der Waals surface area contributed by atoms with Crippen molar-refractivity contribution in [3.05, 3.63) is 53.6 Å². The normalized spacial score (nSPS) is 15.6. The van der Waals surface area contributed by atoms with Gasteiger partial charge in [-0.05, 0) is 43.8 Å². The molecule has 0 spiro atoms. The van der Waals surface area contributed by atoms with E-state index in [1.54, 1.807) is 24.3 Å². The number of carbonyl (C=O) groups excluding carboxylic acids is 1. The van der Waals surface area contributed by atoms with E-state index in [0.29, 0.717) is 24.2 Å². The van der Waals surface area contributed by atoms with Crippen LogP contribution in [0.15, 0.2) is 36.4 Å². The van der Waals surface area contributed by atoms with Crippen molar-refractivity contribution in [3.63, 3.8) is 0 Å². The molecular weight excluding hydrogens is 338 g/mol. The Morgan fingerprint density at radius 2 is 1.85 bits per heavy atom. The minimum absolute atomic E-state index is 0.0865. The van der Waals surface area contributed by atoms with Crippen molar-refractivity contribution in [1.82, 2.24) is 9.80 Å². The van der Waals surface area contributed by atoms with E-state index < -0.39 is 11.6 Å². The lowest BCUT2D eigenvalue weighted by Crippen LogP contribution is -2.34. The number of carbonyl (C=O) groups is 1. The Bertz CT molecular complexity index is 810. The molecule has 0 aliphatic carbocycles. The van der Waals surface area contributed by atoms with E-state index in [2.05, 4.69) is 4.90 Å². The second kappa shape index (κ2) is 7.83. The van der Waals surface area contributed by atoms with Crippen molar-refractivity contribution in [2.24, 2.45) is 0 Å². The van der Waals surface area contributed by atoms with E-state index in [0.717, 1.165) is 31.6 Å². The van der Waals surface area contributed by atoms with Crippen molar-refractivity contribution in [2.45, 2.75) is 6.42 Å². The van der Waals surface area contributed by atoms with Crippen molar-refractivity contribution >= 4 is 5.91 Å². The van der Waals surface area contributed by atoms with Crippen LogP contribution in [-0.2, 0) is 0 Å². The summed E-state index contributed by atoms with van der Waals surface area (Å²) in [7, 11) is 3.32. The predicted molar refractivity (Wildman–Crippen MR) is 96.4 cm³/mol. The summed E-state index contributed by atoms with van der Waals surface area (Å²) < 4.78 is 33.1. The minimum atomic E-state index is -0.642. The van der Waals surface area contributed by atoms with Gasteiger partial charge in [-0.2, -0.15) is 0 Å². The number of hydrogen-bond donors (Lipinski definition) is 0. The Balaban J connectivity index is 1.89. The molecule has 0 unspecified atom stereocenters. The first kappa shape index (κ1) is 18.3. The average molecular weight is 360 g/mol. The summed E-state index contributed by atoms with van der Waals surface area (Å²) in [5.74, 6) is -1.47. The third-order valence-corrected chi connectivity index (χ3v) is 4.67. The van der Waals surface area contributed by atoms with Crippen LogP contribution in [0.2, 0.25) is 0 Å². The molecule has 0 aromatic heterocycles. The van der Waals surface area contributed by atoms with E-state index in [1.807, 2.05) is 11.9 Å². The fraction of sp³-hybridized carbons (Fsp3) is 0.350. The number of rotatable bonds is 3. The maximum atomic E-state index is 14.3. The highest BCUT2D eigenvalue weighted by Crippen LogP contribution is 2.29. The number of ether oxygens (including phenoxy) is 1. The minimum Gasteiger partial charge on any atom is -0.494 e. The van der Waals surface area contributed by atoms with Crippen LogP contribution in [-0.4, -0.2) is 56.0 Å². The SMILES string of the molecule is COc1cc(F)c(-c2cccc(C(=O)N3CCCN(C)CC3)c2)cc1F. The molecular formula is C20H22F2N2O2. The molecule has 6 heteroatoms. The van der Waals surface area contributed by atoms with Gasteiger partial charge in [0.25, 0.3) is 5.91 Å². The first-order valence-corrected chi connectivity index (χ1v) is 8.61. The van der Waals surface area contributed by atoms with Crippen LogP contribution in [0.3, 0.4) is 0 Å². The van der Waals surface area contributed by atoms with Gasteiger partial charge in [-0.1, -0.05) is 12.1 Å². The quantitative estimate of drug-likeness (QED) is 0.841. The maximum absolute atomic E-state index is 14.3. The molecule has 4 nitrogen and oxygen atoms in total. The molecule has 0 N–H and O–H groups in total. The molecule has 1 aliphatic heterocycles. The Morgan fingerprint density at radius 3 is 2.62 bits per heavy atom. The van der Waals surface area contributed by atoms with E-state index >= 15 is 0 Å². The summed E-state index contributed by atoms with van der Waals surface area (Å²) >= 11 is 0. The number of amides is 1. The Morgan fingerprint density at radius 1 is 1.04 bits per heavy atom. The first-order chi connectivity index (χ1) is 12.5. The van der Waals surface area contributed by atoms with E-state index in [1.165, 1.54) is 7.11 Å². The van der Waals surface area contributed by atoms with E-state index in [-0.39, 0.29) is 17.2 Å². The summed E-state index contributed by atoms with van der Waals surface area (Å²) in [5.41, 5.74) is 1.04. The highest BCUT2D eigenvalue weighted by Gasteiger charge is 2.20. The molecule has 0 bridgehead atoms. The van der Waals surface area contributed by atoms with Crippen LogP contribution in [0.5, 0.6) is 5.75 Å². The van der Waals surface area contributed by atoms with Gasteiger partial charge >= 0.3 is 0 Å². The number of likely N-dealkylation sites (N-methyl/N-ethyl adjacent to an activating group) is 1. The topological polar surface area (TPSA) is 32.8 Å². The molecule has 1 saturated heterocycles. The number of hydrogen-bond acceptors (Lipinski definition) is 3. The molecule has 138 valence electrons. The summed E-state index contributed by atoms with van der Waals surface area (Å²) in [6, 6.07) is 8.79. The summed E-state index contributed by atoms with van der Waals surface area (Å²) in [4.78, 5) is 16.8. The predicted octanol–water partition coefficient (Wildman–Crippen LogP) is 3.42. The molecule has 1 aliphatic rings. The molecule has 0 saturated carbocycles. The van der Waals surface area contributed by atoms with Crippen molar-refractivity contribution < 1.29 is 18.3 Å². The highest BCUT2D eigenvalue weighted by molar-refractivity contribution is 5.95. The standard InChI is InChI=1S/C20H22F2N2O2/c1-23-7-4-8-24(10-9-23)20(25)15-6-3-5-14(11-15)16-12-18(22)19(26-2)13-17(16)21/h3,5-6,11-13H,4,7-10H2,1-2H3. The van der Waals surface area contributed by atoms with Crippen LogP contribution in [0, 0.1) is 11.6 Å². The molecule has 0 atom stereocenters. The van der Waals surface area contributed by atoms with E-state index in [9.17, 15) is 13.6 Å². The van der Waals surface area contributed by atoms with Gasteiger partial charge in [0.15, 0.2) is 11.6 Å². The third-order valence-electron chi connectivity index (χ3n) is 4.67. The zero-order chi connectivity index (χ0) is 18.7. The molecule has 2 aromatic carbocycles. The van der Waals surface area contributed by atoms with Gasteiger partial charge in [-0.3, -0.25) is 4.79 Å². The van der Waals surface area contributed by atoms with Crippen LogP contribution < -0.4 is 4.74 Å². The van der Waals surface area contributed by atoms with Crippen LogP contribution in [0.4, 0.5) is 8.78 Å². The van der Waals surface area contributed by atoms with Crippen LogP contribution in [0.1, 0.15) is 16.8 Å². The molecule has 1 amide bonds. The van der Waals surface area contributed by atoms with Gasteiger partial charge in [0.1, 0.15) is 5.82 Å². The number of methoxy groups -OCH3 is 1. The third kappa shape index (κ3) is 3.85. The Labute approximate surface area is 152 Å². The van der Waals surface area contributed by atoms with Gasteiger partial charge in [0, 0.05) is 36.8 Å². The Hall–Kier alpha value is -2.47. The summed E-state index contributed by atoms with van der Waals surface area (Å²) in [6.45, 7) is 3.13. The lowest BCUT2D eigenvalue weighted by molar-refractivity contribution is 0.0763. The fourth-order valence-corrected chi connectivity index (χ4v) is 3.16. The molecule has 1 fully saturated rings. The molecule has 1 heterocycles. The number of halogens is 2. The lowest BCUT2D eigenvalue weighted by atomic mass is 10.0. The van der Waals surface area contributed by atoms with Crippen LogP contribution >= 0.6 is 0 Å². The Kier molecular flexibility index (Phi) is 5.52. The van der Waals surface area contributed by atoms with Gasteiger partial charge in [0.2, 0.25) is 0 Å². The number of benzene rings is 2. The first-order valence-electron chi connectivity index (χ1n) is 8.61. The average Bonchev–Trinajstić information content (AvgIpc) is 2.87. The zero-order valence-electron chi connectivity index (χ0n) is 15.0. The van der Waals surface area contributed by atoms with Gasteiger partial charge in [0.05, 0.1) is 7.11 Å². The van der Waals surface area contributed by atoms with Crippen molar-refractivity contribution in [3.8, 4) is 16.9 Å². The second-order valence-corrected chi connectivity index (χ2v) is 6.50. The monoisotopic (exact) mass is 360 g/mol. The van der Waals surface area contributed by atoms with Gasteiger partial charge in [-0.25, -0.2) is 8.78 Å². The van der Waals surface area contributed by atoms with Crippen molar-refractivity contribution in [2.75, 3.05) is 40.3 Å². The molecule has 0 radical (unpaired) electrons. The summed E-state index contributed by atoms with van der Waals surface area (Å²) in [6.07, 6.45) is 0.917. The zero-order valence-corrected chi connectivity index (χ0v) is 15.0. The highest BCUT2D eigenvalue weighted by atomic mass is 19.1. The summed E-state index contributed by atoms with van der Waals surface area (Å²) in [5, 5.41) is 0. The second-order valence-electron chi connectivity index (χ2n) is 6.50. The van der Waals surface area contributed by atoms with Crippen LogP contribution in [0.25, 0.3) is 11.1 Å². The maximum Gasteiger partial charge on any atom is 0.253 e. The van der Waals surface area contributed by atoms with Gasteiger partial charge in [-0.15, -0.1) is 0 Å². The molecule has 3 rings (SSSR count). The van der Waals surface area contributed by atoms with E-state index in [4.69, 9.17) is 4.74 Å². The fourth-order valence-electron chi connectivity index (χ4n) is 3.16. The number of nitrogens with zero attached hydrogens (tertiary/aromatic N) is 2. The molecule has 26 heavy (non-hydrogen) atoms. The lowest BCUT2D eigenvalue weighted by Gasteiger charge is -2.21. The molecule has 2 aromatic rings. The smallest absolute Gasteiger partial charge is 0.253 e. The van der Waals surface area contributed by atoms with Gasteiger partial charge < -0.3 is 14.5 Å². The van der Waals surface area contributed by atoms with Crippen molar-refractivity contribution in [1.29, 1.82) is 0 Å².